The molecule has 0 fully saturated rings. The first-order chi connectivity index (χ1) is 10.7. The van der Waals surface area contributed by atoms with Crippen molar-refractivity contribution in [1.29, 1.82) is 0 Å². The predicted molar refractivity (Wildman–Crippen MR) is 85.4 cm³/mol. The van der Waals surface area contributed by atoms with E-state index in [1.54, 1.807) is 6.07 Å². The van der Waals surface area contributed by atoms with E-state index in [-0.39, 0.29) is 10.9 Å². The lowest BCUT2D eigenvalue weighted by atomic mass is 10.1. The first-order valence-corrected chi connectivity index (χ1v) is 9.30. The number of aromatic nitrogens is 1. The number of rotatable bonds is 6. The maximum atomic E-state index is 14.0. The van der Waals surface area contributed by atoms with Crippen molar-refractivity contribution in [2.24, 2.45) is 0 Å². The Hall–Kier alpha value is -1.73. The van der Waals surface area contributed by atoms with Crippen LogP contribution in [0.4, 0.5) is 4.39 Å². The van der Waals surface area contributed by atoms with Crippen LogP contribution in [-0.2, 0) is 22.8 Å². The third-order valence-corrected chi connectivity index (χ3v) is 4.97. The van der Waals surface area contributed by atoms with Crippen LogP contribution in [0.25, 0.3) is 0 Å². The van der Waals surface area contributed by atoms with Crippen molar-refractivity contribution in [3.05, 3.63) is 46.6 Å². The van der Waals surface area contributed by atoms with Crippen LogP contribution in [0.2, 0.25) is 0 Å². The molecule has 1 aromatic heterocycles. The molecular formula is C16H21FN2O3S. The maximum absolute atomic E-state index is 14.0. The Kier molecular flexibility index (Phi) is 5.21. The third-order valence-electron chi connectivity index (χ3n) is 3.84. The monoisotopic (exact) mass is 340 g/mol. The minimum Gasteiger partial charge on any atom is -0.361 e. The number of halogens is 1. The van der Waals surface area contributed by atoms with E-state index in [1.165, 1.54) is 12.1 Å². The van der Waals surface area contributed by atoms with Crippen LogP contribution in [0.1, 0.15) is 42.5 Å². The number of aryl methyl sites for hydroxylation is 2. The van der Waals surface area contributed by atoms with E-state index in [0.717, 1.165) is 29.7 Å². The van der Waals surface area contributed by atoms with Gasteiger partial charge in [-0.05, 0) is 38.0 Å². The number of nitrogens with one attached hydrogen (secondary N) is 1. The van der Waals surface area contributed by atoms with E-state index >= 15 is 0 Å². The second-order valence-electron chi connectivity index (χ2n) is 5.58. The van der Waals surface area contributed by atoms with Gasteiger partial charge in [-0.3, -0.25) is 0 Å². The van der Waals surface area contributed by atoms with Crippen LogP contribution in [0.3, 0.4) is 0 Å². The van der Waals surface area contributed by atoms with Crippen LogP contribution < -0.4 is 5.32 Å². The van der Waals surface area contributed by atoms with Gasteiger partial charge < -0.3 is 9.84 Å². The van der Waals surface area contributed by atoms with Crippen LogP contribution in [-0.4, -0.2) is 19.8 Å². The topological polar surface area (TPSA) is 72.2 Å². The zero-order valence-electron chi connectivity index (χ0n) is 13.7. The van der Waals surface area contributed by atoms with E-state index < -0.39 is 15.7 Å². The zero-order valence-corrected chi connectivity index (χ0v) is 14.5. The molecule has 0 radical (unpaired) electrons. The van der Waals surface area contributed by atoms with Gasteiger partial charge in [-0.1, -0.05) is 18.1 Å². The molecular weight excluding hydrogens is 319 g/mol. The van der Waals surface area contributed by atoms with Gasteiger partial charge in [0.1, 0.15) is 16.5 Å². The SMILES string of the molecule is CCc1noc(C)c1CN[C@H](C)c1ccc(S(C)(=O)=O)c(F)c1. The number of sulfone groups is 1. The molecule has 0 bridgehead atoms. The summed E-state index contributed by atoms with van der Waals surface area (Å²) in [6, 6.07) is 4.05. The lowest BCUT2D eigenvalue weighted by molar-refractivity contribution is 0.389. The Labute approximate surface area is 135 Å². The number of hydrogen-bond acceptors (Lipinski definition) is 5. The summed E-state index contributed by atoms with van der Waals surface area (Å²) >= 11 is 0. The van der Waals surface area contributed by atoms with Gasteiger partial charge in [0.15, 0.2) is 9.84 Å². The molecule has 2 rings (SSSR count). The third kappa shape index (κ3) is 3.97. The van der Waals surface area contributed by atoms with Gasteiger partial charge in [-0.2, -0.15) is 0 Å². The molecule has 7 heteroatoms. The minimum absolute atomic E-state index is 0.142. The van der Waals surface area contributed by atoms with Crippen molar-refractivity contribution in [3.8, 4) is 0 Å². The van der Waals surface area contributed by atoms with Crippen LogP contribution >= 0.6 is 0 Å². The first kappa shape index (κ1) is 17.6. The van der Waals surface area contributed by atoms with Crippen molar-refractivity contribution in [3.63, 3.8) is 0 Å². The molecule has 0 saturated carbocycles. The molecule has 23 heavy (non-hydrogen) atoms. The van der Waals surface area contributed by atoms with E-state index in [1.807, 2.05) is 20.8 Å². The minimum atomic E-state index is -3.55. The first-order valence-electron chi connectivity index (χ1n) is 7.41. The zero-order chi connectivity index (χ0) is 17.2. The second-order valence-corrected chi connectivity index (χ2v) is 7.57. The van der Waals surface area contributed by atoms with E-state index in [9.17, 15) is 12.8 Å². The summed E-state index contributed by atoms with van der Waals surface area (Å²) in [5.41, 5.74) is 2.59. The smallest absolute Gasteiger partial charge is 0.178 e. The Balaban J connectivity index is 2.14. The van der Waals surface area contributed by atoms with Gasteiger partial charge in [0.2, 0.25) is 0 Å². The lowest BCUT2D eigenvalue weighted by Crippen LogP contribution is -2.19. The Morgan fingerprint density at radius 3 is 2.65 bits per heavy atom. The van der Waals surface area contributed by atoms with E-state index in [2.05, 4.69) is 10.5 Å². The van der Waals surface area contributed by atoms with Gasteiger partial charge >= 0.3 is 0 Å². The molecule has 1 N–H and O–H groups in total. The Morgan fingerprint density at radius 1 is 1.39 bits per heavy atom. The molecule has 0 aliphatic heterocycles. The highest BCUT2D eigenvalue weighted by Crippen LogP contribution is 2.21. The van der Waals surface area contributed by atoms with E-state index in [0.29, 0.717) is 12.1 Å². The fraction of sp³-hybridized carbons (Fsp3) is 0.438. The molecule has 5 nitrogen and oxygen atoms in total. The molecule has 0 saturated heterocycles. The quantitative estimate of drug-likeness (QED) is 0.875. The summed E-state index contributed by atoms with van der Waals surface area (Å²) in [6.45, 7) is 6.30. The molecule has 0 amide bonds. The van der Waals surface area contributed by atoms with Gasteiger partial charge in [0.05, 0.1) is 5.69 Å². The molecule has 0 aliphatic rings. The molecule has 0 unspecified atom stereocenters. The second kappa shape index (κ2) is 6.80. The highest BCUT2D eigenvalue weighted by molar-refractivity contribution is 7.90. The van der Waals surface area contributed by atoms with Crippen molar-refractivity contribution in [2.45, 2.75) is 44.7 Å². The molecule has 2 aromatic rings. The summed E-state index contributed by atoms with van der Waals surface area (Å²) in [6.07, 6.45) is 1.77. The standard InChI is InChI=1S/C16H21FN2O3S/c1-5-15-13(11(3)22-19-15)9-18-10(2)12-6-7-16(14(17)8-12)23(4,20)21/h6-8,10,18H,5,9H2,1-4H3/t10-/m1/s1. The van der Waals surface area contributed by atoms with Crippen molar-refractivity contribution in [1.82, 2.24) is 10.5 Å². The van der Waals surface area contributed by atoms with E-state index in [4.69, 9.17) is 4.52 Å². The lowest BCUT2D eigenvalue weighted by Gasteiger charge is -2.15. The fourth-order valence-corrected chi connectivity index (χ4v) is 3.13. The summed E-state index contributed by atoms with van der Waals surface area (Å²) in [5, 5.41) is 7.28. The fourth-order valence-electron chi connectivity index (χ4n) is 2.40. The molecule has 1 heterocycles. The molecule has 0 spiro atoms. The largest absolute Gasteiger partial charge is 0.361 e. The van der Waals surface area contributed by atoms with Crippen LogP contribution in [0.5, 0.6) is 0 Å². The number of nitrogens with zero attached hydrogens (tertiary/aromatic N) is 1. The molecule has 0 aliphatic carbocycles. The van der Waals surface area contributed by atoms with Crippen molar-refractivity contribution in [2.75, 3.05) is 6.26 Å². The van der Waals surface area contributed by atoms with Crippen molar-refractivity contribution < 1.29 is 17.3 Å². The summed E-state index contributed by atoms with van der Waals surface area (Å²) in [7, 11) is -3.55. The summed E-state index contributed by atoms with van der Waals surface area (Å²) < 4.78 is 42.1. The average Bonchev–Trinajstić information content (AvgIpc) is 2.83. The maximum Gasteiger partial charge on any atom is 0.178 e. The highest BCUT2D eigenvalue weighted by Gasteiger charge is 2.17. The van der Waals surface area contributed by atoms with Gasteiger partial charge in [-0.25, -0.2) is 12.8 Å². The Bertz CT molecular complexity index is 800. The number of hydrogen-bond donors (Lipinski definition) is 1. The predicted octanol–water partition coefficient (Wildman–Crippen LogP) is 2.94. The number of benzene rings is 1. The molecule has 1 aromatic carbocycles. The summed E-state index contributed by atoms with van der Waals surface area (Å²) in [5.74, 6) is 0.0363. The van der Waals surface area contributed by atoms with Crippen LogP contribution in [0.15, 0.2) is 27.6 Å². The normalized spacial score (nSPS) is 13.3. The van der Waals surface area contributed by atoms with Crippen LogP contribution in [0, 0.1) is 12.7 Å². The van der Waals surface area contributed by atoms with Gasteiger partial charge in [0.25, 0.3) is 0 Å². The summed E-state index contributed by atoms with van der Waals surface area (Å²) in [4.78, 5) is -0.281. The highest BCUT2D eigenvalue weighted by atomic mass is 32.2. The molecule has 126 valence electrons. The average molecular weight is 340 g/mol. The van der Waals surface area contributed by atoms with Gasteiger partial charge in [-0.15, -0.1) is 0 Å². The van der Waals surface area contributed by atoms with Crippen molar-refractivity contribution >= 4 is 9.84 Å². The van der Waals surface area contributed by atoms with Gasteiger partial charge in [0, 0.05) is 24.4 Å². The Morgan fingerprint density at radius 2 is 2.09 bits per heavy atom. The molecule has 1 atom stereocenters.